The van der Waals surface area contributed by atoms with Gasteiger partial charge in [-0.05, 0) is 96.3 Å². The molecule has 12 heteroatoms. The molecule has 4 atom stereocenters. The minimum absolute atomic E-state index is 0.104. The van der Waals surface area contributed by atoms with Crippen LogP contribution in [0.15, 0.2) is 53.1 Å². The van der Waals surface area contributed by atoms with Gasteiger partial charge >= 0.3 is 7.12 Å². The van der Waals surface area contributed by atoms with Crippen molar-refractivity contribution in [1.82, 2.24) is 0 Å². The number of benzene rings is 2. The quantitative estimate of drug-likeness (QED) is 0.0824. The summed E-state index contributed by atoms with van der Waals surface area (Å²) >= 11 is 2.07. The largest absolute Gasteiger partial charge is 0.504 e. The number of allylic oxidation sites excluding steroid dienone is 2. The normalized spacial score (nSPS) is 23.9. The van der Waals surface area contributed by atoms with Gasteiger partial charge in [0.1, 0.15) is 0 Å². The summed E-state index contributed by atoms with van der Waals surface area (Å²) in [5.41, 5.74) is 4.14. The lowest BCUT2D eigenvalue weighted by Gasteiger charge is -2.43. The lowest BCUT2D eigenvalue weighted by molar-refractivity contribution is -0.384. The third-order valence-corrected chi connectivity index (χ3v) is 9.68. The van der Waals surface area contributed by atoms with E-state index >= 15 is 0 Å². The van der Waals surface area contributed by atoms with Gasteiger partial charge in [0.25, 0.3) is 5.69 Å². The standard InChI is InChI=1S/C31H34BIN2O8/c1-4-17(11-18-12-24(33)29(36)26(13-18)42-3)9-10-25-27-19(5-2)14-22-28(23(27)16-32(39)43-25)31(38)34(30(22)37)20-7-6-8-21(15-20)35(40)41/h6-8,11-13,15,22-23,25,28,36,39H,4-5,9-10,14,16H2,1-3H3/b17-11+/t22-,23+,25-,28-/m1/s1. The zero-order valence-electron chi connectivity index (χ0n) is 24.3. The molecule has 5 rings (SSSR count). The van der Waals surface area contributed by atoms with E-state index in [0.29, 0.717) is 35.0 Å². The van der Waals surface area contributed by atoms with Gasteiger partial charge < -0.3 is 19.5 Å². The highest BCUT2D eigenvalue weighted by atomic mass is 127. The SMILES string of the molecule is CCC1=C2[C@@H](CC/C(=C/c3cc(I)c(O)c(OC)c3)CC)OB(O)C[C@@H]2[C@@H]2C(=O)N(c3cccc([N+](=O)[O-])c3)C(=O)[C@@H]2C1. The van der Waals surface area contributed by atoms with Crippen LogP contribution in [0.5, 0.6) is 11.5 Å². The van der Waals surface area contributed by atoms with E-state index < -0.39 is 30.0 Å². The number of aromatic hydroxyl groups is 1. The molecule has 2 aromatic rings. The molecule has 226 valence electrons. The van der Waals surface area contributed by atoms with E-state index in [0.717, 1.165) is 33.6 Å². The second-order valence-corrected chi connectivity index (χ2v) is 12.4. The van der Waals surface area contributed by atoms with Gasteiger partial charge in [0.2, 0.25) is 11.8 Å². The molecular weight excluding hydrogens is 666 g/mol. The summed E-state index contributed by atoms with van der Waals surface area (Å²) in [4.78, 5) is 39.4. The summed E-state index contributed by atoms with van der Waals surface area (Å²) in [6.07, 6.45) is 5.03. The van der Waals surface area contributed by atoms with E-state index in [4.69, 9.17) is 9.39 Å². The number of nitro benzene ring substituents is 1. The van der Waals surface area contributed by atoms with Crippen LogP contribution in [0.3, 0.4) is 0 Å². The lowest BCUT2D eigenvalue weighted by atomic mass is 9.58. The van der Waals surface area contributed by atoms with Crippen molar-refractivity contribution < 1.29 is 34.0 Å². The highest BCUT2D eigenvalue weighted by molar-refractivity contribution is 14.1. The molecule has 2 aliphatic heterocycles. The maximum absolute atomic E-state index is 13.9. The third-order valence-electron chi connectivity index (χ3n) is 8.86. The first-order valence-corrected chi connectivity index (χ1v) is 15.6. The van der Waals surface area contributed by atoms with Crippen molar-refractivity contribution in [3.05, 3.63) is 72.4 Å². The number of carbonyl (C=O) groups excluding carboxylic acids is 2. The molecule has 0 saturated carbocycles. The van der Waals surface area contributed by atoms with E-state index in [9.17, 15) is 29.8 Å². The molecule has 2 fully saturated rings. The van der Waals surface area contributed by atoms with Gasteiger partial charge in [-0.2, -0.15) is 0 Å². The highest BCUT2D eigenvalue weighted by Gasteiger charge is 2.57. The zero-order valence-corrected chi connectivity index (χ0v) is 26.4. The number of ether oxygens (including phenoxy) is 1. The molecule has 0 unspecified atom stereocenters. The maximum atomic E-state index is 13.9. The summed E-state index contributed by atoms with van der Waals surface area (Å²) in [7, 11) is 0.434. The first-order chi connectivity index (χ1) is 20.6. The van der Waals surface area contributed by atoms with Gasteiger partial charge in [-0.25, -0.2) is 4.90 Å². The number of imide groups is 1. The molecule has 43 heavy (non-hydrogen) atoms. The second-order valence-electron chi connectivity index (χ2n) is 11.2. The second kappa shape index (κ2) is 12.8. The number of carbonyl (C=O) groups is 2. The number of hydrogen-bond donors (Lipinski definition) is 2. The van der Waals surface area contributed by atoms with Crippen LogP contribution in [0.1, 0.15) is 51.5 Å². The van der Waals surface area contributed by atoms with Crippen LogP contribution >= 0.6 is 22.6 Å². The van der Waals surface area contributed by atoms with Crippen LogP contribution in [-0.4, -0.2) is 47.2 Å². The Morgan fingerprint density at radius 2 is 2.00 bits per heavy atom. The topological polar surface area (TPSA) is 139 Å². The molecular formula is C31H34BIN2O8. The number of nitro groups is 1. The van der Waals surface area contributed by atoms with E-state index in [1.807, 2.05) is 13.0 Å². The van der Waals surface area contributed by atoms with Crippen molar-refractivity contribution in [1.29, 1.82) is 0 Å². The van der Waals surface area contributed by atoms with Crippen LogP contribution in [0.25, 0.3) is 6.08 Å². The van der Waals surface area contributed by atoms with E-state index in [-0.39, 0.29) is 41.2 Å². The number of anilines is 1. The number of non-ortho nitro benzene ring substituents is 1. The lowest BCUT2D eigenvalue weighted by Crippen LogP contribution is -2.46. The number of fused-ring (bicyclic) bond motifs is 3. The number of phenols is 1. The molecule has 0 aromatic heterocycles. The minimum atomic E-state index is -1.08. The first kappa shape index (κ1) is 31.2. The molecule has 2 saturated heterocycles. The smallest absolute Gasteiger partial charge is 0.455 e. The van der Waals surface area contributed by atoms with Crippen molar-refractivity contribution >= 4 is 59.0 Å². The van der Waals surface area contributed by atoms with Crippen molar-refractivity contribution in [3.63, 3.8) is 0 Å². The van der Waals surface area contributed by atoms with E-state index in [2.05, 4.69) is 35.6 Å². The van der Waals surface area contributed by atoms with Crippen LogP contribution in [0.4, 0.5) is 11.4 Å². The average molecular weight is 700 g/mol. The van der Waals surface area contributed by atoms with E-state index in [1.54, 1.807) is 12.1 Å². The molecule has 2 amide bonds. The van der Waals surface area contributed by atoms with Gasteiger partial charge in [-0.15, -0.1) is 0 Å². The van der Waals surface area contributed by atoms with Gasteiger partial charge in [-0.3, -0.25) is 19.7 Å². The van der Waals surface area contributed by atoms with Gasteiger partial charge in [0.15, 0.2) is 11.5 Å². The number of hydrogen-bond acceptors (Lipinski definition) is 8. The monoisotopic (exact) mass is 700 g/mol. The molecule has 3 aliphatic rings. The zero-order chi connectivity index (χ0) is 31.0. The van der Waals surface area contributed by atoms with Crippen LogP contribution < -0.4 is 9.64 Å². The summed E-state index contributed by atoms with van der Waals surface area (Å²) in [5.74, 6) is -1.84. The fraction of sp³-hybridized carbons (Fsp3) is 0.419. The van der Waals surface area contributed by atoms with Crippen LogP contribution in [-0.2, 0) is 14.2 Å². The summed E-state index contributed by atoms with van der Waals surface area (Å²) in [6, 6.07) is 9.28. The molecule has 0 bridgehead atoms. The number of rotatable bonds is 9. The Morgan fingerprint density at radius 3 is 2.67 bits per heavy atom. The van der Waals surface area contributed by atoms with Crippen molar-refractivity contribution in [3.8, 4) is 11.5 Å². The Hall–Kier alpha value is -3.23. The van der Waals surface area contributed by atoms with Crippen LogP contribution in [0.2, 0.25) is 6.32 Å². The Kier molecular flexibility index (Phi) is 9.28. The molecule has 2 aromatic carbocycles. The molecule has 1 aliphatic carbocycles. The van der Waals surface area contributed by atoms with Crippen molar-refractivity contribution in [2.45, 2.75) is 58.4 Å². The molecule has 2 N–H and O–H groups in total. The summed E-state index contributed by atoms with van der Waals surface area (Å²) in [5, 5.41) is 32.4. The van der Waals surface area contributed by atoms with Crippen molar-refractivity contribution in [2.75, 3.05) is 12.0 Å². The fourth-order valence-corrected chi connectivity index (χ4v) is 7.46. The van der Waals surface area contributed by atoms with Gasteiger partial charge in [0.05, 0.1) is 39.2 Å². The molecule has 10 nitrogen and oxygen atoms in total. The Labute approximate surface area is 264 Å². The maximum Gasteiger partial charge on any atom is 0.455 e. The number of halogens is 1. The number of phenolic OH excluding ortho intramolecular Hbond substituents is 1. The van der Waals surface area contributed by atoms with Gasteiger partial charge in [0, 0.05) is 12.1 Å². The third kappa shape index (κ3) is 5.96. The Morgan fingerprint density at radius 1 is 1.23 bits per heavy atom. The number of nitrogens with zero attached hydrogens (tertiary/aromatic N) is 2. The Bertz CT molecular complexity index is 1530. The predicted octanol–water partition coefficient (Wildman–Crippen LogP) is 5.90. The molecule has 2 heterocycles. The Balaban J connectivity index is 1.42. The highest BCUT2D eigenvalue weighted by Crippen LogP contribution is 2.52. The molecule has 0 spiro atoms. The average Bonchev–Trinajstić information content (AvgIpc) is 3.25. The minimum Gasteiger partial charge on any atom is -0.504 e. The van der Waals surface area contributed by atoms with Crippen LogP contribution in [0, 0.1) is 31.4 Å². The van der Waals surface area contributed by atoms with Gasteiger partial charge in [-0.1, -0.05) is 37.1 Å². The fourth-order valence-electron chi connectivity index (χ4n) is 6.84. The summed E-state index contributed by atoms with van der Waals surface area (Å²) in [6.45, 7) is 4.10. The first-order valence-electron chi connectivity index (χ1n) is 14.5. The number of methoxy groups -OCH3 is 1. The summed E-state index contributed by atoms with van der Waals surface area (Å²) < 4.78 is 12.1. The van der Waals surface area contributed by atoms with Crippen molar-refractivity contribution in [2.24, 2.45) is 17.8 Å². The molecule has 0 radical (unpaired) electrons. The van der Waals surface area contributed by atoms with E-state index in [1.165, 1.54) is 25.3 Å². The predicted molar refractivity (Wildman–Crippen MR) is 171 cm³/mol. The number of amides is 2.